The Kier molecular flexibility index (Phi) is 4.78. The molecular formula is C16H11Cl2FN4O. The van der Waals surface area contributed by atoms with Crippen molar-refractivity contribution in [2.24, 2.45) is 0 Å². The van der Waals surface area contributed by atoms with Crippen LogP contribution >= 0.6 is 23.2 Å². The molecule has 0 aliphatic rings. The predicted molar refractivity (Wildman–Crippen MR) is 89.9 cm³/mol. The summed E-state index contributed by atoms with van der Waals surface area (Å²) in [6, 6.07) is 10.9. The summed E-state index contributed by atoms with van der Waals surface area (Å²) >= 11 is 11.8. The van der Waals surface area contributed by atoms with Gasteiger partial charge >= 0.3 is 0 Å². The average molecular weight is 365 g/mol. The predicted octanol–water partition coefficient (Wildman–Crippen LogP) is 4.02. The van der Waals surface area contributed by atoms with E-state index in [2.05, 4.69) is 15.4 Å². The molecule has 0 fully saturated rings. The second-order valence-electron chi connectivity index (χ2n) is 4.93. The zero-order valence-electron chi connectivity index (χ0n) is 12.2. The largest absolute Gasteiger partial charge is 0.289 e. The Balaban J connectivity index is 1.71. The molecule has 0 unspecified atom stereocenters. The molecule has 0 radical (unpaired) electrons. The highest BCUT2D eigenvalue weighted by molar-refractivity contribution is 6.31. The van der Waals surface area contributed by atoms with Crippen LogP contribution in [0.25, 0.3) is 0 Å². The normalized spacial score (nSPS) is 10.6. The minimum Gasteiger partial charge on any atom is -0.289 e. The second-order valence-corrected chi connectivity index (χ2v) is 5.77. The number of nitrogens with zero attached hydrogens (tertiary/aromatic N) is 3. The first-order valence-corrected chi connectivity index (χ1v) is 7.68. The molecule has 3 rings (SSSR count). The second kappa shape index (κ2) is 6.98. The van der Waals surface area contributed by atoms with Crippen LogP contribution in [0.4, 0.5) is 10.3 Å². The van der Waals surface area contributed by atoms with Gasteiger partial charge in [-0.1, -0.05) is 29.3 Å². The molecule has 0 spiro atoms. The highest BCUT2D eigenvalue weighted by Gasteiger charge is 2.11. The Bertz CT molecular complexity index is 860. The molecule has 0 atom stereocenters. The fraction of sp³-hybridized carbons (Fsp3) is 0.0625. The van der Waals surface area contributed by atoms with Gasteiger partial charge in [-0.2, -0.15) is 0 Å². The Morgan fingerprint density at radius 3 is 2.62 bits per heavy atom. The molecule has 2 aromatic carbocycles. The maximum Gasteiger partial charge on any atom is 0.258 e. The maximum absolute atomic E-state index is 13.8. The standard InChI is InChI=1S/C16H11Cl2FN4O/c17-11-6-4-10(5-7-11)15(24)21-16-20-9-23(22-16)8-12-13(18)2-1-3-14(12)19/h1-7,9H,8H2,(H,21,22,24). The molecule has 122 valence electrons. The van der Waals surface area contributed by atoms with Crippen LogP contribution in [0.3, 0.4) is 0 Å². The first kappa shape index (κ1) is 16.4. The van der Waals surface area contributed by atoms with Crippen molar-refractivity contribution in [3.63, 3.8) is 0 Å². The Morgan fingerprint density at radius 2 is 1.92 bits per heavy atom. The summed E-state index contributed by atoms with van der Waals surface area (Å²) in [5, 5.41) is 7.50. The number of benzene rings is 2. The summed E-state index contributed by atoms with van der Waals surface area (Å²) in [7, 11) is 0. The number of rotatable bonds is 4. The third-order valence-electron chi connectivity index (χ3n) is 3.25. The number of anilines is 1. The summed E-state index contributed by atoms with van der Waals surface area (Å²) in [5.41, 5.74) is 0.729. The number of hydrogen-bond acceptors (Lipinski definition) is 3. The lowest BCUT2D eigenvalue weighted by atomic mass is 10.2. The molecule has 0 saturated heterocycles. The Hall–Kier alpha value is -2.44. The fourth-order valence-corrected chi connectivity index (χ4v) is 2.40. The maximum atomic E-state index is 13.8. The van der Waals surface area contributed by atoms with Gasteiger partial charge in [0.15, 0.2) is 0 Å². The van der Waals surface area contributed by atoms with E-state index in [0.29, 0.717) is 21.2 Å². The van der Waals surface area contributed by atoms with E-state index in [1.807, 2.05) is 0 Å². The molecule has 0 bridgehead atoms. The van der Waals surface area contributed by atoms with E-state index in [0.717, 1.165) is 0 Å². The monoisotopic (exact) mass is 364 g/mol. The Labute approximate surface area is 147 Å². The van der Waals surface area contributed by atoms with Gasteiger partial charge in [-0.05, 0) is 36.4 Å². The topological polar surface area (TPSA) is 59.8 Å². The summed E-state index contributed by atoms with van der Waals surface area (Å²) in [4.78, 5) is 16.1. The summed E-state index contributed by atoms with van der Waals surface area (Å²) in [5.74, 6) is -0.680. The van der Waals surface area contributed by atoms with Crippen LogP contribution in [-0.2, 0) is 6.54 Å². The van der Waals surface area contributed by atoms with E-state index in [1.165, 1.54) is 23.1 Å². The van der Waals surface area contributed by atoms with Crippen LogP contribution in [0.2, 0.25) is 10.0 Å². The number of nitrogens with one attached hydrogen (secondary N) is 1. The molecule has 24 heavy (non-hydrogen) atoms. The van der Waals surface area contributed by atoms with Crippen LogP contribution in [-0.4, -0.2) is 20.7 Å². The summed E-state index contributed by atoms with van der Waals surface area (Å²) < 4.78 is 15.2. The fourth-order valence-electron chi connectivity index (χ4n) is 2.05. The first-order valence-electron chi connectivity index (χ1n) is 6.92. The lowest BCUT2D eigenvalue weighted by molar-refractivity contribution is 0.102. The molecule has 0 saturated carbocycles. The third kappa shape index (κ3) is 3.72. The van der Waals surface area contributed by atoms with Crippen molar-refractivity contribution in [2.75, 3.05) is 5.32 Å². The molecule has 1 amide bonds. The van der Waals surface area contributed by atoms with Gasteiger partial charge in [0.25, 0.3) is 5.91 Å². The average Bonchev–Trinajstić information content (AvgIpc) is 2.99. The zero-order chi connectivity index (χ0) is 17.1. The van der Waals surface area contributed by atoms with E-state index in [9.17, 15) is 9.18 Å². The number of halogens is 3. The molecule has 5 nitrogen and oxygen atoms in total. The smallest absolute Gasteiger partial charge is 0.258 e. The number of carbonyl (C=O) groups is 1. The molecule has 0 aliphatic heterocycles. The van der Waals surface area contributed by atoms with Crippen LogP contribution in [0, 0.1) is 5.82 Å². The van der Waals surface area contributed by atoms with Gasteiger partial charge in [0.05, 0.1) is 6.54 Å². The zero-order valence-corrected chi connectivity index (χ0v) is 13.7. The molecule has 1 aromatic heterocycles. The van der Waals surface area contributed by atoms with Gasteiger partial charge in [-0.15, -0.1) is 5.10 Å². The van der Waals surface area contributed by atoms with Crippen LogP contribution < -0.4 is 5.32 Å². The minimum absolute atomic E-state index is 0.106. The van der Waals surface area contributed by atoms with E-state index in [-0.39, 0.29) is 18.4 Å². The van der Waals surface area contributed by atoms with Crippen molar-refractivity contribution >= 4 is 35.1 Å². The van der Waals surface area contributed by atoms with Gasteiger partial charge in [-0.25, -0.2) is 14.1 Å². The van der Waals surface area contributed by atoms with Gasteiger partial charge < -0.3 is 0 Å². The van der Waals surface area contributed by atoms with Crippen LogP contribution in [0.15, 0.2) is 48.8 Å². The molecule has 1 N–H and O–H groups in total. The minimum atomic E-state index is -0.426. The van der Waals surface area contributed by atoms with Gasteiger partial charge in [-0.3, -0.25) is 10.1 Å². The molecular weight excluding hydrogens is 354 g/mol. The lowest BCUT2D eigenvalue weighted by Gasteiger charge is -2.05. The van der Waals surface area contributed by atoms with Crippen molar-refractivity contribution in [3.05, 3.63) is 75.8 Å². The molecule has 1 heterocycles. The summed E-state index contributed by atoms with van der Waals surface area (Å²) in [6.07, 6.45) is 1.39. The van der Waals surface area contributed by atoms with Crippen LogP contribution in [0.1, 0.15) is 15.9 Å². The third-order valence-corrected chi connectivity index (χ3v) is 3.86. The lowest BCUT2D eigenvalue weighted by Crippen LogP contribution is -2.13. The van der Waals surface area contributed by atoms with Crippen molar-refractivity contribution in [2.45, 2.75) is 6.54 Å². The van der Waals surface area contributed by atoms with E-state index in [1.54, 1.807) is 30.3 Å². The van der Waals surface area contributed by atoms with Gasteiger partial charge in [0.2, 0.25) is 5.95 Å². The van der Waals surface area contributed by atoms with Gasteiger partial charge in [0.1, 0.15) is 12.1 Å². The Morgan fingerprint density at radius 1 is 1.17 bits per heavy atom. The van der Waals surface area contributed by atoms with Crippen molar-refractivity contribution in [3.8, 4) is 0 Å². The summed E-state index contributed by atoms with van der Waals surface area (Å²) in [6.45, 7) is 0.106. The van der Waals surface area contributed by atoms with Crippen molar-refractivity contribution in [1.82, 2.24) is 14.8 Å². The van der Waals surface area contributed by atoms with E-state index < -0.39 is 5.82 Å². The SMILES string of the molecule is O=C(Nc1ncn(Cc2c(F)cccc2Cl)n1)c1ccc(Cl)cc1. The highest BCUT2D eigenvalue weighted by atomic mass is 35.5. The van der Waals surface area contributed by atoms with Crippen LogP contribution in [0.5, 0.6) is 0 Å². The molecule has 3 aromatic rings. The number of aromatic nitrogens is 3. The molecule has 8 heteroatoms. The van der Waals surface area contributed by atoms with Crippen molar-refractivity contribution in [1.29, 1.82) is 0 Å². The van der Waals surface area contributed by atoms with E-state index >= 15 is 0 Å². The number of carbonyl (C=O) groups excluding carboxylic acids is 1. The number of hydrogen-bond donors (Lipinski definition) is 1. The van der Waals surface area contributed by atoms with Crippen molar-refractivity contribution < 1.29 is 9.18 Å². The molecule has 0 aliphatic carbocycles. The number of amides is 1. The quantitative estimate of drug-likeness (QED) is 0.760. The first-order chi connectivity index (χ1) is 11.5. The highest BCUT2D eigenvalue weighted by Crippen LogP contribution is 2.20. The van der Waals surface area contributed by atoms with Gasteiger partial charge in [0, 0.05) is 21.2 Å². The van der Waals surface area contributed by atoms with E-state index in [4.69, 9.17) is 23.2 Å².